The van der Waals surface area contributed by atoms with Crippen molar-refractivity contribution < 1.29 is 14.7 Å². The number of carboxylic acids is 1. The van der Waals surface area contributed by atoms with Gasteiger partial charge in [0.25, 0.3) is 5.91 Å². The van der Waals surface area contributed by atoms with E-state index in [4.69, 9.17) is 0 Å². The van der Waals surface area contributed by atoms with E-state index < -0.39 is 11.9 Å². The van der Waals surface area contributed by atoms with Crippen LogP contribution < -0.4 is 0 Å². The van der Waals surface area contributed by atoms with Gasteiger partial charge in [0, 0.05) is 13.1 Å². The fraction of sp³-hybridized carbons (Fsp3) is 0.615. The van der Waals surface area contributed by atoms with Crippen molar-refractivity contribution in [3.8, 4) is 0 Å². The molecule has 1 aliphatic heterocycles. The second-order valence-electron chi connectivity index (χ2n) is 5.54. The van der Waals surface area contributed by atoms with Crippen molar-refractivity contribution in [3.05, 3.63) is 17.7 Å². The molecule has 1 aliphatic carbocycles. The van der Waals surface area contributed by atoms with E-state index in [9.17, 15) is 14.7 Å². The first kappa shape index (κ1) is 12.2. The number of aliphatic carboxylic acids is 1. The SMILES string of the molecule is Cc1ncc(C(=O)N2C[C@@H](C(=O)O)[C@H](C3CC3)C2)[nH]1. The van der Waals surface area contributed by atoms with E-state index in [1.54, 1.807) is 11.8 Å². The second-order valence-corrected chi connectivity index (χ2v) is 5.54. The maximum atomic E-state index is 12.3. The number of likely N-dealkylation sites (tertiary alicyclic amines) is 1. The van der Waals surface area contributed by atoms with Gasteiger partial charge in [-0.25, -0.2) is 4.98 Å². The maximum absolute atomic E-state index is 12.3. The molecule has 1 amide bonds. The van der Waals surface area contributed by atoms with E-state index >= 15 is 0 Å². The van der Waals surface area contributed by atoms with Gasteiger partial charge in [0.15, 0.2) is 0 Å². The zero-order valence-corrected chi connectivity index (χ0v) is 10.8. The smallest absolute Gasteiger partial charge is 0.308 e. The summed E-state index contributed by atoms with van der Waals surface area (Å²) in [5.74, 6) is -0.0487. The molecular weight excluding hydrogens is 246 g/mol. The first-order valence-electron chi connectivity index (χ1n) is 6.60. The van der Waals surface area contributed by atoms with E-state index in [2.05, 4.69) is 9.97 Å². The Hall–Kier alpha value is -1.85. The molecule has 2 aliphatic rings. The standard InChI is InChI=1S/C13H17N3O3/c1-7-14-4-11(15-7)12(17)16-5-9(8-2-3-8)10(6-16)13(18)19/h4,8-10H,2-3,5-6H2,1H3,(H,14,15)(H,18,19)/t9-,10+/m0/s1. The van der Waals surface area contributed by atoms with Crippen molar-refractivity contribution in [1.82, 2.24) is 14.9 Å². The van der Waals surface area contributed by atoms with Crippen LogP contribution in [0, 0.1) is 24.7 Å². The summed E-state index contributed by atoms with van der Waals surface area (Å²) in [6, 6.07) is 0. The Morgan fingerprint density at radius 3 is 2.68 bits per heavy atom. The van der Waals surface area contributed by atoms with Crippen molar-refractivity contribution in [3.63, 3.8) is 0 Å². The van der Waals surface area contributed by atoms with Crippen LogP contribution in [0.5, 0.6) is 0 Å². The van der Waals surface area contributed by atoms with Crippen LogP contribution in [0.25, 0.3) is 0 Å². The molecule has 0 radical (unpaired) electrons. The molecule has 1 saturated carbocycles. The Morgan fingerprint density at radius 2 is 2.16 bits per heavy atom. The number of nitrogens with one attached hydrogen (secondary N) is 1. The number of hydrogen-bond acceptors (Lipinski definition) is 3. The number of carbonyl (C=O) groups is 2. The highest BCUT2D eigenvalue weighted by Crippen LogP contribution is 2.44. The minimum Gasteiger partial charge on any atom is -0.481 e. The number of aromatic amines is 1. The van der Waals surface area contributed by atoms with Gasteiger partial charge in [0.05, 0.1) is 12.1 Å². The molecule has 3 rings (SSSR count). The third-order valence-corrected chi connectivity index (χ3v) is 4.13. The van der Waals surface area contributed by atoms with Crippen molar-refractivity contribution in [2.75, 3.05) is 13.1 Å². The van der Waals surface area contributed by atoms with Crippen LogP contribution in [-0.2, 0) is 4.79 Å². The molecule has 102 valence electrons. The first-order chi connectivity index (χ1) is 9.06. The van der Waals surface area contributed by atoms with Gasteiger partial charge in [-0.3, -0.25) is 9.59 Å². The van der Waals surface area contributed by atoms with E-state index in [-0.39, 0.29) is 11.8 Å². The number of aryl methyl sites for hydroxylation is 1. The van der Waals surface area contributed by atoms with Crippen LogP contribution in [0.4, 0.5) is 0 Å². The third kappa shape index (κ3) is 2.22. The van der Waals surface area contributed by atoms with Crippen molar-refractivity contribution >= 4 is 11.9 Å². The fourth-order valence-electron chi connectivity index (χ4n) is 2.96. The predicted molar refractivity (Wildman–Crippen MR) is 66.6 cm³/mol. The summed E-state index contributed by atoms with van der Waals surface area (Å²) in [5, 5.41) is 9.28. The molecule has 0 unspecified atom stereocenters. The molecule has 2 atom stereocenters. The summed E-state index contributed by atoms with van der Waals surface area (Å²) >= 11 is 0. The number of aromatic nitrogens is 2. The molecule has 2 heterocycles. The monoisotopic (exact) mass is 263 g/mol. The molecule has 0 aromatic carbocycles. The van der Waals surface area contributed by atoms with Crippen molar-refractivity contribution in [1.29, 1.82) is 0 Å². The van der Waals surface area contributed by atoms with Crippen LogP contribution in [0.3, 0.4) is 0 Å². The summed E-state index contributed by atoms with van der Waals surface area (Å²) in [6.45, 7) is 2.65. The van der Waals surface area contributed by atoms with E-state index in [1.165, 1.54) is 6.20 Å². The molecule has 19 heavy (non-hydrogen) atoms. The molecule has 1 aromatic rings. The molecule has 2 N–H and O–H groups in total. The highest BCUT2D eigenvalue weighted by Gasteiger charge is 2.47. The number of nitrogens with zero attached hydrogens (tertiary/aromatic N) is 2. The van der Waals surface area contributed by atoms with Gasteiger partial charge in [0.2, 0.25) is 0 Å². The lowest BCUT2D eigenvalue weighted by Crippen LogP contribution is -2.30. The first-order valence-corrected chi connectivity index (χ1v) is 6.60. The molecule has 0 bridgehead atoms. The van der Waals surface area contributed by atoms with Crippen molar-refractivity contribution in [2.24, 2.45) is 17.8 Å². The van der Waals surface area contributed by atoms with Gasteiger partial charge in [-0.15, -0.1) is 0 Å². The number of carbonyl (C=O) groups excluding carboxylic acids is 1. The summed E-state index contributed by atoms with van der Waals surface area (Å²) in [5.41, 5.74) is 0.443. The highest BCUT2D eigenvalue weighted by molar-refractivity contribution is 5.93. The van der Waals surface area contributed by atoms with Crippen molar-refractivity contribution in [2.45, 2.75) is 19.8 Å². The Kier molecular flexibility index (Phi) is 2.80. The zero-order valence-electron chi connectivity index (χ0n) is 10.8. The Bertz CT molecular complexity index is 521. The molecular formula is C13H17N3O3. The molecule has 6 nitrogen and oxygen atoms in total. The highest BCUT2D eigenvalue weighted by atomic mass is 16.4. The third-order valence-electron chi connectivity index (χ3n) is 4.13. The lowest BCUT2D eigenvalue weighted by Gasteiger charge is -2.14. The van der Waals surface area contributed by atoms with Crippen LogP contribution in [0.2, 0.25) is 0 Å². The summed E-state index contributed by atoms with van der Waals surface area (Å²) < 4.78 is 0. The maximum Gasteiger partial charge on any atom is 0.308 e. The van der Waals surface area contributed by atoms with Crippen LogP contribution in [-0.4, -0.2) is 44.9 Å². The average molecular weight is 263 g/mol. The summed E-state index contributed by atoms with van der Waals surface area (Å²) in [6.07, 6.45) is 3.71. The Morgan fingerprint density at radius 1 is 1.42 bits per heavy atom. The normalized spacial score (nSPS) is 26.7. The quantitative estimate of drug-likeness (QED) is 0.848. The number of hydrogen-bond donors (Lipinski definition) is 2. The lowest BCUT2D eigenvalue weighted by atomic mass is 9.92. The van der Waals surface area contributed by atoms with E-state index in [0.29, 0.717) is 30.5 Å². The molecule has 2 fully saturated rings. The van der Waals surface area contributed by atoms with Gasteiger partial charge >= 0.3 is 5.97 Å². The number of H-pyrrole nitrogens is 1. The molecule has 1 saturated heterocycles. The summed E-state index contributed by atoms with van der Waals surface area (Å²) in [4.78, 5) is 32.1. The minimum absolute atomic E-state index is 0.116. The van der Waals surface area contributed by atoms with Gasteiger partial charge in [-0.1, -0.05) is 0 Å². The molecule has 1 aromatic heterocycles. The number of imidazole rings is 1. The van der Waals surface area contributed by atoms with Gasteiger partial charge in [-0.05, 0) is 31.6 Å². The van der Waals surface area contributed by atoms with E-state index in [0.717, 1.165) is 12.8 Å². The fourth-order valence-corrected chi connectivity index (χ4v) is 2.96. The number of rotatable bonds is 3. The average Bonchev–Trinajstić information content (AvgIpc) is 2.96. The minimum atomic E-state index is -0.784. The predicted octanol–water partition coefficient (Wildman–Crippen LogP) is 0.901. The van der Waals surface area contributed by atoms with Crippen LogP contribution in [0.15, 0.2) is 6.20 Å². The molecule has 6 heteroatoms. The lowest BCUT2D eigenvalue weighted by molar-refractivity contribution is -0.142. The zero-order chi connectivity index (χ0) is 13.6. The molecule has 0 spiro atoms. The summed E-state index contributed by atoms with van der Waals surface area (Å²) in [7, 11) is 0. The second kappa shape index (κ2) is 4.36. The number of carboxylic acid groups (broad SMARTS) is 1. The van der Waals surface area contributed by atoms with Crippen LogP contribution >= 0.6 is 0 Å². The Balaban J connectivity index is 1.75. The van der Waals surface area contributed by atoms with Gasteiger partial charge in [-0.2, -0.15) is 0 Å². The van der Waals surface area contributed by atoms with Gasteiger partial charge in [0.1, 0.15) is 11.5 Å². The number of amides is 1. The van der Waals surface area contributed by atoms with Crippen LogP contribution in [0.1, 0.15) is 29.2 Å². The largest absolute Gasteiger partial charge is 0.481 e. The Labute approximate surface area is 110 Å². The van der Waals surface area contributed by atoms with Gasteiger partial charge < -0.3 is 15.0 Å². The topological polar surface area (TPSA) is 86.3 Å². The van der Waals surface area contributed by atoms with E-state index in [1.807, 2.05) is 0 Å².